The van der Waals surface area contributed by atoms with Gasteiger partial charge in [-0.05, 0) is 42.5 Å². The van der Waals surface area contributed by atoms with Crippen molar-refractivity contribution in [1.82, 2.24) is 9.80 Å². The fourth-order valence-electron chi connectivity index (χ4n) is 4.80. The van der Waals surface area contributed by atoms with Gasteiger partial charge in [-0.25, -0.2) is 4.79 Å². The van der Waals surface area contributed by atoms with Crippen LogP contribution in [-0.4, -0.2) is 66.2 Å². The number of rotatable bonds is 3. The van der Waals surface area contributed by atoms with Crippen molar-refractivity contribution < 1.29 is 14.7 Å². The largest absolute Gasteiger partial charge is 0.465 e. The fraction of sp³-hybridized carbons (Fsp3) is 0.417. The number of anilines is 1. The number of carbonyl (C=O) groups excluding carboxylic acids is 1. The van der Waals surface area contributed by atoms with E-state index < -0.39 is 6.09 Å². The Balaban J connectivity index is 1.48. The van der Waals surface area contributed by atoms with E-state index in [9.17, 15) is 14.7 Å². The molecule has 0 radical (unpaired) electrons. The minimum absolute atomic E-state index is 0.0394. The second kappa shape index (κ2) is 9.18. The summed E-state index contributed by atoms with van der Waals surface area (Å²) in [5, 5.41) is 10.2. The molecule has 2 heterocycles. The summed E-state index contributed by atoms with van der Waals surface area (Å²) in [5.41, 5.74) is 3.38. The molecule has 2 aromatic carbocycles. The number of carboxylic acid groups (broad SMARTS) is 1. The second-order valence-electron chi connectivity index (χ2n) is 8.38. The minimum atomic E-state index is -0.953. The van der Waals surface area contributed by atoms with Crippen molar-refractivity contribution in [2.45, 2.75) is 19.3 Å². The van der Waals surface area contributed by atoms with Gasteiger partial charge in [0.15, 0.2) is 0 Å². The van der Waals surface area contributed by atoms with Crippen LogP contribution in [-0.2, 0) is 4.79 Å². The zero-order chi connectivity index (χ0) is 22.0. The normalized spacial score (nSPS) is 21.8. The van der Waals surface area contributed by atoms with Crippen LogP contribution in [0.2, 0.25) is 5.02 Å². The van der Waals surface area contributed by atoms with Crippen molar-refractivity contribution in [2.75, 3.05) is 44.2 Å². The first kappa shape index (κ1) is 21.5. The highest BCUT2D eigenvalue weighted by molar-refractivity contribution is 6.30. The molecule has 2 fully saturated rings. The van der Waals surface area contributed by atoms with Crippen LogP contribution in [0.15, 0.2) is 48.5 Å². The van der Waals surface area contributed by atoms with Gasteiger partial charge in [-0.2, -0.15) is 0 Å². The van der Waals surface area contributed by atoms with Gasteiger partial charge in [0.1, 0.15) is 0 Å². The van der Waals surface area contributed by atoms with E-state index in [1.807, 2.05) is 53.4 Å². The maximum absolute atomic E-state index is 13.5. The fourth-order valence-corrected chi connectivity index (χ4v) is 4.97. The van der Waals surface area contributed by atoms with Crippen LogP contribution in [0.5, 0.6) is 0 Å². The summed E-state index contributed by atoms with van der Waals surface area (Å²) in [4.78, 5) is 30.7. The smallest absolute Gasteiger partial charge is 0.407 e. The lowest BCUT2D eigenvalue weighted by Crippen LogP contribution is -2.54. The van der Waals surface area contributed by atoms with Crippen molar-refractivity contribution in [2.24, 2.45) is 5.92 Å². The second-order valence-corrected chi connectivity index (χ2v) is 8.82. The monoisotopic (exact) mass is 441 g/mol. The molecule has 2 saturated heterocycles. The molecule has 1 N–H and O–H groups in total. The van der Waals surface area contributed by atoms with E-state index in [2.05, 4.69) is 11.8 Å². The third-order valence-electron chi connectivity index (χ3n) is 6.53. The van der Waals surface area contributed by atoms with Gasteiger partial charge in [-0.1, -0.05) is 48.0 Å². The van der Waals surface area contributed by atoms with Crippen LogP contribution in [0.25, 0.3) is 0 Å². The van der Waals surface area contributed by atoms with Crippen molar-refractivity contribution in [3.8, 4) is 0 Å². The number of hydrogen-bond acceptors (Lipinski definition) is 3. The quantitative estimate of drug-likeness (QED) is 0.779. The maximum Gasteiger partial charge on any atom is 0.407 e. The molecule has 2 aromatic rings. The summed E-state index contributed by atoms with van der Waals surface area (Å²) in [6.45, 7) is 5.49. The third-order valence-corrected chi connectivity index (χ3v) is 6.77. The van der Waals surface area contributed by atoms with E-state index in [1.54, 1.807) is 0 Å². The van der Waals surface area contributed by atoms with Gasteiger partial charge in [0, 0.05) is 50.0 Å². The Kier molecular flexibility index (Phi) is 6.37. The van der Waals surface area contributed by atoms with E-state index in [0.29, 0.717) is 31.1 Å². The van der Waals surface area contributed by atoms with Gasteiger partial charge in [0.2, 0.25) is 5.91 Å². The first-order valence-electron chi connectivity index (χ1n) is 10.8. The highest BCUT2D eigenvalue weighted by atomic mass is 35.5. The molecule has 4 rings (SSSR count). The Labute approximate surface area is 188 Å². The summed E-state index contributed by atoms with van der Waals surface area (Å²) >= 11 is 6.19. The number of aryl methyl sites for hydroxylation is 1. The topological polar surface area (TPSA) is 64.1 Å². The van der Waals surface area contributed by atoms with Crippen LogP contribution in [0.1, 0.15) is 23.5 Å². The van der Waals surface area contributed by atoms with Crippen molar-refractivity contribution in [1.29, 1.82) is 0 Å². The number of likely N-dealkylation sites (tertiary alicyclic amines) is 1. The molecule has 2 atom stereocenters. The molecule has 0 aromatic heterocycles. The molecule has 6 nitrogen and oxygen atoms in total. The Morgan fingerprint density at radius 3 is 2.35 bits per heavy atom. The Morgan fingerprint density at radius 1 is 0.968 bits per heavy atom. The maximum atomic E-state index is 13.5. The summed E-state index contributed by atoms with van der Waals surface area (Å²) < 4.78 is 0. The molecule has 0 bridgehead atoms. The average Bonchev–Trinajstić information content (AvgIpc) is 2.80. The Morgan fingerprint density at radius 2 is 1.68 bits per heavy atom. The number of benzene rings is 2. The molecular weight excluding hydrogens is 414 g/mol. The molecule has 31 heavy (non-hydrogen) atoms. The molecule has 7 heteroatoms. The predicted molar refractivity (Wildman–Crippen MR) is 122 cm³/mol. The third kappa shape index (κ3) is 4.64. The standard InChI is InChI=1S/C24H28ClN3O3/c1-17-7-8-19(25)15-22(17)26-11-13-27(14-12-26)23(29)21-16-28(24(30)31)10-9-20(21)18-5-3-2-4-6-18/h2-8,15,20-21H,9-14,16H2,1H3,(H,30,31)/t20-,21+/m0/s1. The summed E-state index contributed by atoms with van der Waals surface area (Å²) in [7, 11) is 0. The minimum Gasteiger partial charge on any atom is -0.465 e. The van der Waals surface area contributed by atoms with Crippen LogP contribution >= 0.6 is 11.6 Å². The van der Waals surface area contributed by atoms with Gasteiger partial charge >= 0.3 is 6.09 Å². The zero-order valence-corrected chi connectivity index (χ0v) is 18.5. The van der Waals surface area contributed by atoms with E-state index in [1.165, 1.54) is 4.90 Å². The number of amides is 2. The van der Waals surface area contributed by atoms with Crippen molar-refractivity contribution >= 4 is 29.3 Å². The first-order chi connectivity index (χ1) is 14.9. The molecule has 0 spiro atoms. The van der Waals surface area contributed by atoms with Gasteiger partial charge in [0.25, 0.3) is 0 Å². The number of piperidine rings is 1. The van der Waals surface area contributed by atoms with E-state index >= 15 is 0 Å². The lowest BCUT2D eigenvalue weighted by molar-refractivity contribution is -0.138. The molecule has 2 amide bonds. The SMILES string of the molecule is Cc1ccc(Cl)cc1N1CCN(C(=O)[C@@H]2CN(C(=O)O)CC[C@H]2c2ccccc2)CC1. The van der Waals surface area contributed by atoms with Gasteiger partial charge < -0.3 is 19.8 Å². The van der Waals surface area contributed by atoms with Gasteiger partial charge in [-0.15, -0.1) is 0 Å². The molecule has 2 aliphatic rings. The van der Waals surface area contributed by atoms with Crippen LogP contribution < -0.4 is 4.90 Å². The van der Waals surface area contributed by atoms with Gasteiger partial charge in [0.05, 0.1) is 5.92 Å². The molecule has 0 saturated carbocycles. The van der Waals surface area contributed by atoms with Crippen LogP contribution in [0.3, 0.4) is 0 Å². The predicted octanol–water partition coefficient (Wildman–Crippen LogP) is 4.08. The number of halogens is 1. The van der Waals surface area contributed by atoms with E-state index in [0.717, 1.165) is 29.9 Å². The molecule has 0 aliphatic carbocycles. The lowest BCUT2D eigenvalue weighted by Gasteiger charge is -2.42. The Bertz CT molecular complexity index is 944. The Hall–Kier alpha value is -2.73. The highest BCUT2D eigenvalue weighted by Crippen LogP contribution is 2.35. The molecule has 164 valence electrons. The summed E-state index contributed by atoms with van der Waals surface area (Å²) in [6.07, 6.45) is -0.292. The molecule has 2 aliphatic heterocycles. The first-order valence-corrected chi connectivity index (χ1v) is 11.1. The number of carbonyl (C=O) groups is 2. The van der Waals surface area contributed by atoms with E-state index in [-0.39, 0.29) is 24.3 Å². The lowest BCUT2D eigenvalue weighted by atomic mass is 9.79. The highest BCUT2D eigenvalue weighted by Gasteiger charge is 2.39. The number of hydrogen-bond donors (Lipinski definition) is 1. The number of piperazine rings is 1. The van der Waals surface area contributed by atoms with Crippen molar-refractivity contribution in [3.05, 3.63) is 64.7 Å². The average molecular weight is 442 g/mol. The molecular formula is C24H28ClN3O3. The number of nitrogens with zero attached hydrogens (tertiary/aromatic N) is 3. The van der Waals surface area contributed by atoms with Gasteiger partial charge in [-0.3, -0.25) is 4.79 Å². The van der Waals surface area contributed by atoms with E-state index in [4.69, 9.17) is 11.6 Å². The zero-order valence-electron chi connectivity index (χ0n) is 17.7. The van der Waals surface area contributed by atoms with Crippen LogP contribution in [0.4, 0.5) is 10.5 Å². The summed E-state index contributed by atoms with van der Waals surface area (Å²) in [6, 6.07) is 15.9. The molecule has 0 unspecified atom stereocenters. The van der Waals surface area contributed by atoms with Crippen molar-refractivity contribution in [3.63, 3.8) is 0 Å². The van der Waals surface area contributed by atoms with Crippen LogP contribution in [0, 0.1) is 12.8 Å². The summed E-state index contributed by atoms with van der Waals surface area (Å²) in [5.74, 6) is -0.258.